The Morgan fingerprint density at radius 3 is 2.93 bits per heavy atom. The molecular formula is C10H13ClN2O. The number of anilines is 1. The maximum Gasteiger partial charge on any atom is 0.219 e. The molecular weight excluding hydrogens is 200 g/mol. The van der Waals surface area contributed by atoms with Crippen LogP contribution in [-0.2, 0) is 4.79 Å². The Hall–Kier alpha value is -1.22. The molecule has 1 amide bonds. The topological polar surface area (TPSA) is 55.1 Å². The second-order valence-electron chi connectivity index (χ2n) is 3.23. The van der Waals surface area contributed by atoms with Crippen LogP contribution in [0.5, 0.6) is 0 Å². The summed E-state index contributed by atoms with van der Waals surface area (Å²) in [5, 5.41) is 3.80. The van der Waals surface area contributed by atoms with E-state index < -0.39 is 0 Å². The highest BCUT2D eigenvalue weighted by atomic mass is 35.5. The number of primary amides is 1. The molecule has 0 aliphatic rings. The van der Waals surface area contributed by atoms with Gasteiger partial charge in [0.25, 0.3) is 0 Å². The molecule has 0 aromatic heterocycles. The van der Waals surface area contributed by atoms with Crippen molar-refractivity contribution < 1.29 is 4.79 Å². The van der Waals surface area contributed by atoms with Crippen molar-refractivity contribution in [2.45, 2.75) is 19.4 Å². The van der Waals surface area contributed by atoms with E-state index in [9.17, 15) is 4.79 Å². The summed E-state index contributed by atoms with van der Waals surface area (Å²) in [7, 11) is 0. The smallest absolute Gasteiger partial charge is 0.219 e. The van der Waals surface area contributed by atoms with Gasteiger partial charge >= 0.3 is 0 Å². The Bertz CT molecular complexity index is 328. The zero-order valence-electron chi connectivity index (χ0n) is 7.96. The summed E-state index contributed by atoms with van der Waals surface area (Å²) in [4.78, 5) is 10.6. The third-order valence-electron chi connectivity index (χ3n) is 1.75. The molecule has 3 N–H and O–H groups in total. The van der Waals surface area contributed by atoms with Crippen LogP contribution in [0.2, 0.25) is 5.02 Å². The predicted molar refractivity (Wildman–Crippen MR) is 58.3 cm³/mol. The predicted octanol–water partition coefficient (Wildman–Crippen LogP) is 2.02. The van der Waals surface area contributed by atoms with E-state index in [1.165, 1.54) is 0 Å². The minimum absolute atomic E-state index is 0.0194. The molecule has 4 heteroatoms. The average molecular weight is 213 g/mol. The van der Waals surface area contributed by atoms with Crippen molar-refractivity contribution in [3.05, 3.63) is 29.3 Å². The Morgan fingerprint density at radius 1 is 1.64 bits per heavy atom. The lowest BCUT2D eigenvalue weighted by Gasteiger charge is -2.13. The lowest BCUT2D eigenvalue weighted by Crippen LogP contribution is -2.23. The number of nitrogens with one attached hydrogen (secondary N) is 1. The van der Waals surface area contributed by atoms with Crippen molar-refractivity contribution in [3.63, 3.8) is 0 Å². The number of hydrogen-bond donors (Lipinski definition) is 2. The van der Waals surface area contributed by atoms with Crippen molar-refractivity contribution in [3.8, 4) is 0 Å². The van der Waals surface area contributed by atoms with Gasteiger partial charge in [-0.2, -0.15) is 0 Å². The lowest BCUT2D eigenvalue weighted by molar-refractivity contribution is -0.118. The molecule has 0 saturated carbocycles. The van der Waals surface area contributed by atoms with Crippen molar-refractivity contribution in [1.29, 1.82) is 0 Å². The molecule has 1 atom stereocenters. The maximum atomic E-state index is 10.6. The van der Waals surface area contributed by atoms with Crippen LogP contribution in [0, 0.1) is 0 Å². The van der Waals surface area contributed by atoms with E-state index in [-0.39, 0.29) is 11.9 Å². The Morgan fingerprint density at radius 2 is 2.36 bits per heavy atom. The summed E-state index contributed by atoms with van der Waals surface area (Å²) in [6, 6.07) is 7.36. The third kappa shape index (κ3) is 3.66. The number of benzene rings is 1. The van der Waals surface area contributed by atoms with Gasteiger partial charge in [-0.15, -0.1) is 0 Å². The number of carbonyl (C=O) groups is 1. The zero-order valence-corrected chi connectivity index (χ0v) is 8.71. The summed E-state index contributed by atoms with van der Waals surface area (Å²) in [5.41, 5.74) is 5.97. The van der Waals surface area contributed by atoms with Gasteiger partial charge in [0.15, 0.2) is 0 Å². The molecule has 1 rings (SSSR count). The van der Waals surface area contributed by atoms with Crippen molar-refractivity contribution in [1.82, 2.24) is 0 Å². The van der Waals surface area contributed by atoms with E-state index in [2.05, 4.69) is 5.32 Å². The zero-order chi connectivity index (χ0) is 10.6. The van der Waals surface area contributed by atoms with Gasteiger partial charge in [-0.3, -0.25) is 4.79 Å². The van der Waals surface area contributed by atoms with Gasteiger partial charge in [-0.25, -0.2) is 0 Å². The number of amides is 1. The minimum Gasteiger partial charge on any atom is -0.382 e. The molecule has 3 nitrogen and oxygen atoms in total. The summed E-state index contributed by atoms with van der Waals surface area (Å²) >= 11 is 5.80. The molecule has 76 valence electrons. The van der Waals surface area contributed by atoms with Gasteiger partial charge in [-0.1, -0.05) is 17.7 Å². The summed E-state index contributed by atoms with van der Waals surface area (Å²) in [6.07, 6.45) is 0.312. The van der Waals surface area contributed by atoms with Gasteiger partial charge < -0.3 is 11.1 Å². The number of halogens is 1. The maximum absolute atomic E-state index is 10.6. The second-order valence-corrected chi connectivity index (χ2v) is 3.66. The molecule has 0 saturated heterocycles. The van der Waals surface area contributed by atoms with Crippen LogP contribution in [-0.4, -0.2) is 11.9 Å². The van der Waals surface area contributed by atoms with E-state index in [0.717, 1.165) is 5.69 Å². The summed E-state index contributed by atoms with van der Waals surface area (Å²) in [6.45, 7) is 1.89. The molecule has 0 fully saturated rings. The molecule has 1 unspecified atom stereocenters. The van der Waals surface area contributed by atoms with Gasteiger partial charge in [0.05, 0.1) is 0 Å². The first-order chi connectivity index (χ1) is 6.58. The minimum atomic E-state index is -0.313. The second kappa shape index (κ2) is 4.86. The first kappa shape index (κ1) is 10.9. The molecule has 1 aromatic rings. The average Bonchev–Trinajstić information content (AvgIpc) is 2.01. The first-order valence-electron chi connectivity index (χ1n) is 4.38. The quantitative estimate of drug-likeness (QED) is 0.802. The summed E-state index contributed by atoms with van der Waals surface area (Å²) < 4.78 is 0. The first-order valence-corrected chi connectivity index (χ1v) is 4.76. The highest BCUT2D eigenvalue weighted by molar-refractivity contribution is 6.30. The Labute approximate surface area is 88.2 Å². The number of carbonyl (C=O) groups excluding carboxylic acids is 1. The largest absolute Gasteiger partial charge is 0.382 e. The van der Waals surface area contributed by atoms with E-state index in [1.807, 2.05) is 19.1 Å². The highest BCUT2D eigenvalue weighted by Gasteiger charge is 2.05. The number of nitrogens with two attached hydrogens (primary N) is 1. The fourth-order valence-electron chi connectivity index (χ4n) is 1.22. The monoisotopic (exact) mass is 212 g/mol. The molecule has 14 heavy (non-hydrogen) atoms. The van der Waals surface area contributed by atoms with Crippen LogP contribution in [0.1, 0.15) is 13.3 Å². The fourth-order valence-corrected chi connectivity index (χ4v) is 1.41. The van der Waals surface area contributed by atoms with Crippen molar-refractivity contribution in [2.75, 3.05) is 5.32 Å². The van der Waals surface area contributed by atoms with Crippen LogP contribution in [0.15, 0.2) is 24.3 Å². The molecule has 0 spiro atoms. The van der Waals surface area contributed by atoms with Crippen molar-refractivity contribution >= 4 is 23.2 Å². The Balaban J connectivity index is 2.55. The fraction of sp³-hybridized carbons (Fsp3) is 0.300. The Kier molecular flexibility index (Phi) is 3.77. The van der Waals surface area contributed by atoms with Gasteiger partial charge in [0.2, 0.25) is 5.91 Å². The summed E-state index contributed by atoms with van der Waals surface area (Å²) in [5.74, 6) is -0.313. The van der Waals surface area contributed by atoms with E-state index in [4.69, 9.17) is 17.3 Å². The standard InChI is InChI=1S/C10H13ClN2O/c1-7(5-10(12)14)13-9-4-2-3-8(11)6-9/h2-4,6-7,13H,5H2,1H3,(H2,12,14). The van der Waals surface area contributed by atoms with Gasteiger partial charge in [0.1, 0.15) is 0 Å². The van der Waals surface area contributed by atoms with E-state index in [1.54, 1.807) is 12.1 Å². The van der Waals surface area contributed by atoms with Crippen LogP contribution >= 0.6 is 11.6 Å². The van der Waals surface area contributed by atoms with E-state index in [0.29, 0.717) is 11.4 Å². The molecule has 0 bridgehead atoms. The highest BCUT2D eigenvalue weighted by Crippen LogP contribution is 2.16. The van der Waals surface area contributed by atoms with Crippen LogP contribution in [0.25, 0.3) is 0 Å². The van der Waals surface area contributed by atoms with Gasteiger partial charge in [0, 0.05) is 23.2 Å². The van der Waals surface area contributed by atoms with Crippen LogP contribution in [0.3, 0.4) is 0 Å². The molecule has 0 heterocycles. The molecule has 0 radical (unpaired) electrons. The molecule has 0 aliphatic heterocycles. The van der Waals surface area contributed by atoms with Crippen molar-refractivity contribution in [2.24, 2.45) is 5.73 Å². The number of rotatable bonds is 4. The van der Waals surface area contributed by atoms with E-state index >= 15 is 0 Å². The number of hydrogen-bond acceptors (Lipinski definition) is 2. The molecule has 1 aromatic carbocycles. The SMILES string of the molecule is CC(CC(N)=O)Nc1cccc(Cl)c1. The lowest BCUT2D eigenvalue weighted by atomic mass is 10.2. The normalized spacial score (nSPS) is 12.1. The molecule has 0 aliphatic carbocycles. The van der Waals surface area contributed by atoms with Gasteiger partial charge in [-0.05, 0) is 25.1 Å². The third-order valence-corrected chi connectivity index (χ3v) is 1.98. The van der Waals surface area contributed by atoms with Crippen LogP contribution < -0.4 is 11.1 Å². The van der Waals surface area contributed by atoms with Crippen LogP contribution in [0.4, 0.5) is 5.69 Å².